The summed E-state index contributed by atoms with van der Waals surface area (Å²) in [7, 11) is 0. The molecule has 1 aliphatic heterocycles. The highest BCUT2D eigenvalue weighted by Gasteiger charge is 2.21. The van der Waals surface area contributed by atoms with E-state index in [9.17, 15) is 0 Å². The highest BCUT2D eigenvalue weighted by Crippen LogP contribution is 2.15. The molecule has 0 aromatic carbocycles. The van der Waals surface area contributed by atoms with Crippen molar-refractivity contribution < 1.29 is 0 Å². The van der Waals surface area contributed by atoms with Crippen LogP contribution in [0.1, 0.15) is 24.6 Å². The molecule has 84 valence electrons. The number of hydrogen-bond donors (Lipinski definition) is 1. The highest BCUT2D eigenvalue weighted by atomic mass is 32.1. The normalized spacial score (nSPS) is 21.3. The summed E-state index contributed by atoms with van der Waals surface area (Å²) in [6, 6.07) is 0.729. The van der Waals surface area contributed by atoms with Crippen LogP contribution < -0.4 is 5.32 Å². The van der Waals surface area contributed by atoms with Gasteiger partial charge < -0.3 is 5.32 Å². The highest BCUT2D eigenvalue weighted by molar-refractivity contribution is 7.09. The summed E-state index contributed by atoms with van der Waals surface area (Å²) >= 11 is 1.76. The maximum Gasteiger partial charge on any atom is 0.0794 e. The predicted octanol–water partition coefficient (Wildman–Crippen LogP) is 1.72. The van der Waals surface area contributed by atoms with Crippen molar-refractivity contribution in [2.75, 3.05) is 19.6 Å². The van der Waals surface area contributed by atoms with Crippen molar-refractivity contribution in [1.82, 2.24) is 15.2 Å². The molecule has 1 aliphatic rings. The summed E-state index contributed by atoms with van der Waals surface area (Å²) in [5.41, 5.74) is 1.92. The molecule has 0 saturated carbocycles. The van der Waals surface area contributed by atoms with E-state index < -0.39 is 0 Å². The molecule has 1 fully saturated rings. The third kappa shape index (κ3) is 3.00. The van der Waals surface area contributed by atoms with E-state index in [2.05, 4.69) is 22.1 Å². The lowest BCUT2D eigenvalue weighted by atomic mass is 10.2. The van der Waals surface area contributed by atoms with Gasteiger partial charge in [0.15, 0.2) is 0 Å². The van der Waals surface area contributed by atoms with Crippen molar-refractivity contribution in [3.8, 4) is 0 Å². The number of thiazole rings is 1. The molecule has 1 saturated heterocycles. The van der Waals surface area contributed by atoms with Crippen LogP contribution in [0.2, 0.25) is 0 Å². The van der Waals surface area contributed by atoms with E-state index in [0.717, 1.165) is 19.1 Å². The fraction of sp³-hybridized carbons (Fsp3) is 0.727. The van der Waals surface area contributed by atoms with E-state index in [1.54, 1.807) is 11.3 Å². The molecule has 0 aliphatic carbocycles. The number of rotatable bonds is 5. The molecule has 1 atom stereocenters. The summed E-state index contributed by atoms with van der Waals surface area (Å²) < 4.78 is 0. The maximum absolute atomic E-state index is 4.14. The maximum atomic E-state index is 4.14. The first-order chi connectivity index (χ1) is 7.40. The Hall–Kier alpha value is -0.450. The molecule has 0 amide bonds. The van der Waals surface area contributed by atoms with E-state index in [4.69, 9.17) is 0 Å². The van der Waals surface area contributed by atoms with Crippen molar-refractivity contribution in [2.24, 2.45) is 0 Å². The van der Waals surface area contributed by atoms with Gasteiger partial charge in [-0.2, -0.15) is 0 Å². The van der Waals surface area contributed by atoms with Crippen LogP contribution in [0.25, 0.3) is 0 Å². The smallest absolute Gasteiger partial charge is 0.0794 e. The van der Waals surface area contributed by atoms with Gasteiger partial charge in [-0.25, -0.2) is 0 Å². The molecule has 1 aromatic heterocycles. The van der Waals surface area contributed by atoms with Crippen molar-refractivity contribution in [1.29, 1.82) is 0 Å². The van der Waals surface area contributed by atoms with Crippen molar-refractivity contribution >= 4 is 11.3 Å². The molecule has 0 bridgehead atoms. The molecule has 1 N–H and O–H groups in total. The molecular formula is C11H19N3S. The van der Waals surface area contributed by atoms with Crippen LogP contribution in [0.5, 0.6) is 0 Å². The summed E-state index contributed by atoms with van der Waals surface area (Å²) in [6.45, 7) is 6.85. The van der Waals surface area contributed by atoms with Gasteiger partial charge in [0.1, 0.15) is 0 Å². The lowest BCUT2D eigenvalue weighted by Gasteiger charge is -2.27. The minimum absolute atomic E-state index is 0.729. The lowest BCUT2D eigenvalue weighted by Crippen LogP contribution is -2.36. The van der Waals surface area contributed by atoms with Gasteiger partial charge in [-0.3, -0.25) is 9.88 Å². The zero-order chi connectivity index (χ0) is 10.5. The van der Waals surface area contributed by atoms with Gasteiger partial charge in [0, 0.05) is 30.2 Å². The van der Waals surface area contributed by atoms with Gasteiger partial charge in [-0.15, -0.1) is 11.3 Å². The Kier molecular flexibility index (Phi) is 4.11. The Morgan fingerprint density at radius 3 is 3.20 bits per heavy atom. The summed E-state index contributed by atoms with van der Waals surface area (Å²) in [4.78, 5) is 8.11. The molecule has 0 spiro atoms. The molecule has 3 nitrogen and oxygen atoms in total. The number of nitrogens with zero attached hydrogens (tertiary/aromatic N) is 2. The number of hydrogen-bond acceptors (Lipinski definition) is 4. The van der Waals surface area contributed by atoms with E-state index in [0.29, 0.717) is 0 Å². The molecular weight excluding hydrogens is 206 g/mol. The second kappa shape index (κ2) is 5.58. The average molecular weight is 225 g/mol. The minimum Gasteiger partial charge on any atom is -0.315 e. The van der Waals surface area contributed by atoms with Crippen LogP contribution in [0, 0.1) is 0 Å². The zero-order valence-electron chi connectivity index (χ0n) is 9.28. The van der Waals surface area contributed by atoms with E-state index in [-0.39, 0.29) is 0 Å². The first-order valence-electron chi connectivity index (χ1n) is 5.72. The number of nitrogens with one attached hydrogen (secondary N) is 1. The SMILES string of the molecule is CCCN(Cc1cncs1)C1CCNC1. The van der Waals surface area contributed by atoms with E-state index in [1.165, 1.54) is 30.8 Å². The average Bonchev–Trinajstić information content (AvgIpc) is 2.89. The lowest BCUT2D eigenvalue weighted by molar-refractivity contribution is 0.201. The third-order valence-corrected chi connectivity index (χ3v) is 3.67. The third-order valence-electron chi connectivity index (χ3n) is 2.90. The Morgan fingerprint density at radius 1 is 1.67 bits per heavy atom. The zero-order valence-corrected chi connectivity index (χ0v) is 10.1. The van der Waals surface area contributed by atoms with Crippen LogP contribution in [0.15, 0.2) is 11.7 Å². The Bertz CT molecular complexity index is 267. The summed E-state index contributed by atoms with van der Waals surface area (Å²) in [5.74, 6) is 0. The molecule has 1 aromatic rings. The predicted molar refractivity (Wildman–Crippen MR) is 64.1 cm³/mol. The Balaban J connectivity index is 1.93. The van der Waals surface area contributed by atoms with Gasteiger partial charge >= 0.3 is 0 Å². The van der Waals surface area contributed by atoms with E-state index in [1.807, 2.05) is 11.7 Å². The Morgan fingerprint density at radius 2 is 2.60 bits per heavy atom. The first kappa shape index (κ1) is 11.0. The monoisotopic (exact) mass is 225 g/mol. The molecule has 4 heteroatoms. The van der Waals surface area contributed by atoms with Gasteiger partial charge in [-0.05, 0) is 25.9 Å². The molecule has 0 radical (unpaired) electrons. The fourth-order valence-electron chi connectivity index (χ4n) is 2.15. The van der Waals surface area contributed by atoms with Gasteiger partial charge in [0.25, 0.3) is 0 Å². The molecule has 1 unspecified atom stereocenters. The topological polar surface area (TPSA) is 28.2 Å². The van der Waals surface area contributed by atoms with Gasteiger partial charge in [0.2, 0.25) is 0 Å². The standard InChI is InChI=1S/C11H19N3S/c1-2-5-14(10-3-4-12-6-10)8-11-7-13-9-15-11/h7,9-10,12H,2-6,8H2,1H3. The summed E-state index contributed by atoms with van der Waals surface area (Å²) in [6.07, 6.45) is 4.52. The minimum atomic E-state index is 0.729. The van der Waals surface area contributed by atoms with Crippen molar-refractivity contribution in [3.63, 3.8) is 0 Å². The van der Waals surface area contributed by atoms with Crippen LogP contribution >= 0.6 is 11.3 Å². The molecule has 2 rings (SSSR count). The van der Waals surface area contributed by atoms with Crippen LogP contribution in [-0.2, 0) is 6.54 Å². The largest absolute Gasteiger partial charge is 0.315 e. The number of aromatic nitrogens is 1. The quantitative estimate of drug-likeness (QED) is 0.827. The van der Waals surface area contributed by atoms with Crippen LogP contribution in [-0.4, -0.2) is 35.6 Å². The fourth-order valence-corrected chi connectivity index (χ4v) is 2.77. The van der Waals surface area contributed by atoms with Crippen molar-refractivity contribution in [2.45, 2.75) is 32.4 Å². The Labute approximate surface area is 95.5 Å². The van der Waals surface area contributed by atoms with Crippen LogP contribution in [0.4, 0.5) is 0 Å². The molecule has 2 heterocycles. The van der Waals surface area contributed by atoms with Crippen molar-refractivity contribution in [3.05, 3.63) is 16.6 Å². The second-order valence-electron chi connectivity index (χ2n) is 4.08. The summed E-state index contributed by atoms with van der Waals surface area (Å²) in [5, 5.41) is 3.44. The second-order valence-corrected chi connectivity index (χ2v) is 5.06. The van der Waals surface area contributed by atoms with E-state index >= 15 is 0 Å². The van der Waals surface area contributed by atoms with Gasteiger partial charge in [-0.1, -0.05) is 6.92 Å². The van der Waals surface area contributed by atoms with Crippen LogP contribution in [0.3, 0.4) is 0 Å². The molecule has 15 heavy (non-hydrogen) atoms. The van der Waals surface area contributed by atoms with Gasteiger partial charge in [0.05, 0.1) is 5.51 Å². The first-order valence-corrected chi connectivity index (χ1v) is 6.60.